The molecule has 7 heteroatoms. The third kappa shape index (κ3) is 4.82. The molecule has 0 spiro atoms. The predicted molar refractivity (Wildman–Crippen MR) is 128 cm³/mol. The van der Waals surface area contributed by atoms with E-state index in [9.17, 15) is 4.79 Å². The Balaban J connectivity index is 1.32. The second-order valence-corrected chi connectivity index (χ2v) is 9.44. The number of benzene rings is 2. The van der Waals surface area contributed by atoms with Crippen LogP contribution in [0.1, 0.15) is 37.2 Å². The zero-order chi connectivity index (χ0) is 22.1. The van der Waals surface area contributed by atoms with Gasteiger partial charge in [-0.1, -0.05) is 41.9 Å². The van der Waals surface area contributed by atoms with Crippen molar-refractivity contribution in [3.8, 4) is 0 Å². The molecule has 1 aromatic heterocycles. The number of nitrogens with zero attached hydrogens (tertiary/aromatic N) is 4. The zero-order valence-corrected chi connectivity index (χ0v) is 19.3. The Bertz CT molecular complexity index is 1090. The van der Waals surface area contributed by atoms with Crippen molar-refractivity contribution in [2.45, 2.75) is 38.4 Å². The molecule has 1 aliphatic carbocycles. The van der Waals surface area contributed by atoms with Crippen LogP contribution in [0.5, 0.6) is 0 Å². The van der Waals surface area contributed by atoms with E-state index in [0.717, 1.165) is 62.4 Å². The molecule has 1 N–H and O–H groups in total. The van der Waals surface area contributed by atoms with Crippen LogP contribution in [0.25, 0.3) is 11.0 Å². The van der Waals surface area contributed by atoms with Gasteiger partial charge in [-0.2, -0.15) is 0 Å². The smallest absolute Gasteiger partial charge is 0.234 e. The highest BCUT2D eigenvalue weighted by atomic mass is 35.5. The van der Waals surface area contributed by atoms with E-state index in [-0.39, 0.29) is 11.9 Å². The lowest BCUT2D eigenvalue weighted by molar-refractivity contribution is -0.122. The van der Waals surface area contributed by atoms with Crippen molar-refractivity contribution in [1.29, 1.82) is 0 Å². The summed E-state index contributed by atoms with van der Waals surface area (Å²) in [6, 6.07) is 17.1. The zero-order valence-electron chi connectivity index (χ0n) is 18.5. The summed E-state index contributed by atoms with van der Waals surface area (Å²) >= 11 is 6.26. The molecule has 0 bridgehead atoms. The van der Waals surface area contributed by atoms with Crippen LogP contribution in [0.2, 0.25) is 5.02 Å². The Morgan fingerprint density at radius 1 is 1.12 bits per heavy atom. The number of nitrogens with one attached hydrogen (secondary N) is 1. The van der Waals surface area contributed by atoms with Crippen molar-refractivity contribution < 1.29 is 4.79 Å². The molecule has 6 nitrogen and oxygen atoms in total. The molecular weight excluding hydrogens is 422 g/mol. The predicted octanol–water partition coefficient (Wildman–Crippen LogP) is 3.70. The molecule has 1 aliphatic heterocycles. The second kappa shape index (κ2) is 9.22. The first-order valence-electron chi connectivity index (χ1n) is 11.5. The SMILES string of the molecule is CC(c1nc2cc(Cl)ccc2n1Cc1ccccc1)N1CCN(CC(=O)NC2CC2)CC1. The summed E-state index contributed by atoms with van der Waals surface area (Å²) in [5.74, 6) is 1.22. The maximum atomic E-state index is 12.2. The number of halogens is 1. The molecule has 1 unspecified atom stereocenters. The molecule has 2 aliphatic rings. The maximum Gasteiger partial charge on any atom is 0.234 e. The van der Waals surface area contributed by atoms with Gasteiger partial charge in [-0.15, -0.1) is 0 Å². The van der Waals surface area contributed by atoms with E-state index >= 15 is 0 Å². The molecule has 168 valence electrons. The number of carbonyl (C=O) groups is 1. The molecule has 1 saturated carbocycles. The number of fused-ring (bicyclic) bond motifs is 1. The standard InChI is InChI=1S/C25H30ClN5O/c1-18(30-13-11-29(12-14-30)17-24(32)27-21-8-9-21)25-28-22-15-20(26)7-10-23(22)31(25)16-19-5-3-2-4-6-19/h2-7,10,15,18,21H,8-9,11-14,16-17H2,1H3,(H,27,32). The third-order valence-electron chi connectivity index (χ3n) is 6.56. The Labute approximate surface area is 194 Å². The minimum atomic E-state index is 0.163. The van der Waals surface area contributed by atoms with Crippen molar-refractivity contribution in [2.75, 3.05) is 32.7 Å². The highest BCUT2D eigenvalue weighted by Crippen LogP contribution is 2.28. The Morgan fingerprint density at radius 3 is 2.59 bits per heavy atom. The number of imidazole rings is 1. The summed E-state index contributed by atoms with van der Waals surface area (Å²) in [7, 11) is 0. The van der Waals surface area contributed by atoms with Crippen LogP contribution < -0.4 is 5.32 Å². The van der Waals surface area contributed by atoms with Gasteiger partial charge in [0.25, 0.3) is 0 Å². The molecule has 2 heterocycles. The van der Waals surface area contributed by atoms with Crippen molar-refractivity contribution in [3.63, 3.8) is 0 Å². The fraction of sp³-hybridized carbons (Fsp3) is 0.440. The van der Waals surface area contributed by atoms with Crippen LogP contribution in [0.15, 0.2) is 48.5 Å². The van der Waals surface area contributed by atoms with Gasteiger partial charge in [0.15, 0.2) is 0 Å². The number of hydrogen-bond donors (Lipinski definition) is 1. The molecule has 2 fully saturated rings. The van der Waals surface area contributed by atoms with Gasteiger partial charge in [-0.25, -0.2) is 4.98 Å². The first-order valence-corrected chi connectivity index (χ1v) is 11.9. The van der Waals surface area contributed by atoms with Crippen molar-refractivity contribution >= 4 is 28.5 Å². The summed E-state index contributed by atoms with van der Waals surface area (Å²) in [4.78, 5) is 21.9. The van der Waals surface area contributed by atoms with E-state index in [1.165, 1.54) is 5.56 Å². The van der Waals surface area contributed by atoms with Crippen LogP contribution in [-0.2, 0) is 11.3 Å². The van der Waals surface area contributed by atoms with E-state index < -0.39 is 0 Å². The van der Waals surface area contributed by atoms with Crippen LogP contribution in [0.3, 0.4) is 0 Å². The van der Waals surface area contributed by atoms with Gasteiger partial charge >= 0.3 is 0 Å². The van der Waals surface area contributed by atoms with E-state index in [4.69, 9.17) is 16.6 Å². The lowest BCUT2D eigenvalue weighted by Gasteiger charge is -2.37. The molecule has 1 amide bonds. The Morgan fingerprint density at radius 2 is 1.88 bits per heavy atom. The topological polar surface area (TPSA) is 53.4 Å². The van der Waals surface area contributed by atoms with Gasteiger partial charge in [-0.05, 0) is 43.5 Å². The van der Waals surface area contributed by atoms with E-state index in [1.54, 1.807) is 0 Å². The molecule has 3 aromatic rings. The lowest BCUT2D eigenvalue weighted by Crippen LogP contribution is -2.50. The number of amides is 1. The molecule has 0 radical (unpaired) electrons. The Kier molecular flexibility index (Phi) is 6.17. The van der Waals surface area contributed by atoms with Crippen LogP contribution >= 0.6 is 11.6 Å². The largest absolute Gasteiger partial charge is 0.352 e. The monoisotopic (exact) mass is 451 g/mol. The molecular formula is C25H30ClN5O. The van der Waals surface area contributed by atoms with Gasteiger partial charge < -0.3 is 9.88 Å². The van der Waals surface area contributed by atoms with Crippen molar-refractivity contribution in [3.05, 3.63) is 64.9 Å². The minimum absolute atomic E-state index is 0.163. The van der Waals surface area contributed by atoms with E-state index in [1.807, 2.05) is 18.2 Å². The minimum Gasteiger partial charge on any atom is -0.352 e. The van der Waals surface area contributed by atoms with Gasteiger partial charge in [-0.3, -0.25) is 14.6 Å². The summed E-state index contributed by atoms with van der Waals surface area (Å²) in [5.41, 5.74) is 3.29. The highest BCUT2D eigenvalue weighted by Gasteiger charge is 2.28. The lowest BCUT2D eigenvalue weighted by atomic mass is 10.2. The summed E-state index contributed by atoms with van der Waals surface area (Å²) < 4.78 is 2.32. The van der Waals surface area contributed by atoms with E-state index in [2.05, 4.69) is 56.9 Å². The first kappa shape index (κ1) is 21.4. The average Bonchev–Trinajstić information content (AvgIpc) is 3.54. The number of carbonyl (C=O) groups excluding carboxylic acids is 1. The van der Waals surface area contributed by atoms with Crippen molar-refractivity contribution in [1.82, 2.24) is 24.7 Å². The van der Waals surface area contributed by atoms with Crippen molar-refractivity contribution in [2.24, 2.45) is 0 Å². The fourth-order valence-electron chi connectivity index (χ4n) is 4.55. The summed E-state index contributed by atoms with van der Waals surface area (Å²) in [6.07, 6.45) is 2.26. The van der Waals surface area contributed by atoms with Gasteiger partial charge in [0.2, 0.25) is 5.91 Å². The first-order chi connectivity index (χ1) is 15.6. The van der Waals surface area contributed by atoms with Gasteiger partial charge in [0.05, 0.1) is 23.6 Å². The maximum absolute atomic E-state index is 12.2. The second-order valence-electron chi connectivity index (χ2n) is 9.00. The van der Waals surface area contributed by atoms with Gasteiger partial charge in [0, 0.05) is 43.8 Å². The fourth-order valence-corrected chi connectivity index (χ4v) is 4.72. The average molecular weight is 452 g/mol. The molecule has 32 heavy (non-hydrogen) atoms. The molecule has 2 aromatic carbocycles. The molecule has 5 rings (SSSR count). The van der Waals surface area contributed by atoms with Crippen LogP contribution in [-0.4, -0.2) is 64.0 Å². The number of hydrogen-bond acceptors (Lipinski definition) is 4. The Hall–Kier alpha value is -2.41. The van der Waals surface area contributed by atoms with Gasteiger partial charge in [0.1, 0.15) is 5.82 Å². The highest BCUT2D eigenvalue weighted by molar-refractivity contribution is 6.31. The molecule has 1 atom stereocenters. The molecule has 1 saturated heterocycles. The quantitative estimate of drug-likeness (QED) is 0.595. The van der Waals surface area contributed by atoms with Crippen LogP contribution in [0, 0.1) is 0 Å². The number of rotatable bonds is 7. The normalized spacial score (nSPS) is 18.7. The number of piperazine rings is 1. The third-order valence-corrected chi connectivity index (χ3v) is 6.80. The summed E-state index contributed by atoms with van der Waals surface area (Å²) in [6.45, 7) is 7.16. The summed E-state index contributed by atoms with van der Waals surface area (Å²) in [5, 5.41) is 3.80. The van der Waals surface area contributed by atoms with E-state index in [0.29, 0.717) is 17.6 Å². The number of aromatic nitrogens is 2. The van der Waals surface area contributed by atoms with Crippen LogP contribution in [0.4, 0.5) is 0 Å².